The van der Waals surface area contributed by atoms with Crippen LogP contribution in [0.25, 0.3) is 0 Å². The minimum Gasteiger partial charge on any atom is -0.269 e. The molecule has 1 aliphatic carbocycles. The summed E-state index contributed by atoms with van der Waals surface area (Å²) in [6.45, 7) is 6.85. The molecule has 1 heterocycles. The van der Waals surface area contributed by atoms with E-state index in [-0.39, 0.29) is 0 Å². The van der Waals surface area contributed by atoms with Crippen LogP contribution in [0.5, 0.6) is 0 Å². The topological polar surface area (TPSA) is 17.8 Å². The van der Waals surface area contributed by atoms with Crippen LogP contribution in [-0.4, -0.2) is 14.6 Å². The third-order valence-corrected chi connectivity index (χ3v) is 4.93. The van der Waals surface area contributed by atoms with Crippen molar-refractivity contribution in [3.63, 3.8) is 0 Å². The second kappa shape index (κ2) is 6.23. The van der Waals surface area contributed by atoms with Crippen molar-refractivity contribution >= 4 is 15.9 Å². The van der Waals surface area contributed by atoms with Gasteiger partial charge in [0.25, 0.3) is 0 Å². The highest BCUT2D eigenvalue weighted by atomic mass is 79.9. The van der Waals surface area contributed by atoms with Crippen molar-refractivity contribution in [3.05, 3.63) is 18.0 Å². The van der Waals surface area contributed by atoms with Gasteiger partial charge in [0.2, 0.25) is 0 Å². The molecule has 18 heavy (non-hydrogen) atoms. The number of rotatable bonds is 5. The number of hydrogen-bond donors (Lipinski definition) is 0. The first-order chi connectivity index (χ1) is 8.58. The van der Waals surface area contributed by atoms with E-state index in [1.165, 1.54) is 31.4 Å². The summed E-state index contributed by atoms with van der Waals surface area (Å²) < 4.78 is 2.21. The maximum atomic E-state index is 4.79. The molecule has 0 radical (unpaired) electrons. The lowest BCUT2D eigenvalue weighted by Crippen LogP contribution is -2.20. The molecule has 0 aliphatic heterocycles. The number of aromatic nitrogens is 2. The highest BCUT2D eigenvalue weighted by molar-refractivity contribution is 9.09. The van der Waals surface area contributed by atoms with Gasteiger partial charge in [-0.15, -0.1) is 0 Å². The Morgan fingerprint density at radius 1 is 1.33 bits per heavy atom. The van der Waals surface area contributed by atoms with Crippen molar-refractivity contribution in [1.29, 1.82) is 0 Å². The van der Waals surface area contributed by atoms with Crippen molar-refractivity contribution in [2.45, 2.75) is 63.7 Å². The van der Waals surface area contributed by atoms with Crippen LogP contribution in [0.15, 0.2) is 12.3 Å². The maximum Gasteiger partial charge on any atom is 0.0628 e. The zero-order valence-electron chi connectivity index (χ0n) is 11.8. The average Bonchev–Trinajstić information content (AvgIpc) is 2.95. The van der Waals surface area contributed by atoms with Crippen LogP contribution in [-0.2, 0) is 6.42 Å². The van der Waals surface area contributed by atoms with E-state index in [4.69, 9.17) is 5.10 Å². The Morgan fingerprint density at radius 3 is 2.56 bits per heavy atom. The van der Waals surface area contributed by atoms with Gasteiger partial charge in [-0.3, -0.25) is 4.68 Å². The highest BCUT2D eigenvalue weighted by Gasteiger charge is 2.22. The Bertz CT molecular complexity index is 356. The van der Waals surface area contributed by atoms with Crippen LogP contribution in [0.3, 0.4) is 0 Å². The van der Waals surface area contributed by atoms with Gasteiger partial charge in [-0.05, 0) is 37.2 Å². The zero-order chi connectivity index (χ0) is 13.1. The largest absolute Gasteiger partial charge is 0.269 e. The molecule has 0 amide bonds. The SMILES string of the molecule is CC(C)C(Cc1ccn(C2CCCC2)n1)C(C)Br. The van der Waals surface area contributed by atoms with Crippen molar-refractivity contribution in [2.75, 3.05) is 0 Å². The summed E-state index contributed by atoms with van der Waals surface area (Å²) in [5.74, 6) is 1.35. The zero-order valence-corrected chi connectivity index (χ0v) is 13.4. The predicted molar refractivity (Wildman–Crippen MR) is 80.2 cm³/mol. The monoisotopic (exact) mass is 312 g/mol. The van der Waals surface area contributed by atoms with Gasteiger partial charge in [0.05, 0.1) is 11.7 Å². The Kier molecular flexibility index (Phi) is 4.88. The lowest BCUT2D eigenvalue weighted by atomic mass is 9.89. The quantitative estimate of drug-likeness (QED) is 0.727. The van der Waals surface area contributed by atoms with E-state index in [0.717, 1.165) is 6.42 Å². The Morgan fingerprint density at radius 2 is 2.00 bits per heavy atom. The van der Waals surface area contributed by atoms with E-state index in [1.54, 1.807) is 0 Å². The van der Waals surface area contributed by atoms with Crippen LogP contribution < -0.4 is 0 Å². The van der Waals surface area contributed by atoms with Gasteiger partial charge in [-0.25, -0.2) is 0 Å². The van der Waals surface area contributed by atoms with E-state index < -0.39 is 0 Å². The molecule has 2 unspecified atom stereocenters. The molecule has 1 aromatic heterocycles. The van der Waals surface area contributed by atoms with Crippen molar-refractivity contribution in [3.8, 4) is 0 Å². The van der Waals surface area contributed by atoms with E-state index in [9.17, 15) is 0 Å². The molecule has 0 spiro atoms. The van der Waals surface area contributed by atoms with Crippen molar-refractivity contribution < 1.29 is 0 Å². The number of nitrogens with zero attached hydrogens (tertiary/aromatic N) is 2. The van der Waals surface area contributed by atoms with Gasteiger partial charge in [0.1, 0.15) is 0 Å². The molecule has 2 atom stereocenters. The van der Waals surface area contributed by atoms with Crippen LogP contribution >= 0.6 is 15.9 Å². The molecule has 0 bridgehead atoms. The molecule has 102 valence electrons. The van der Waals surface area contributed by atoms with Crippen molar-refractivity contribution in [1.82, 2.24) is 9.78 Å². The minimum atomic E-state index is 0.550. The van der Waals surface area contributed by atoms with E-state index >= 15 is 0 Å². The fourth-order valence-electron chi connectivity index (χ4n) is 3.03. The van der Waals surface area contributed by atoms with Gasteiger partial charge in [0.15, 0.2) is 0 Å². The summed E-state index contributed by atoms with van der Waals surface area (Å²) in [6.07, 6.45) is 8.62. The van der Waals surface area contributed by atoms with Crippen LogP contribution in [0.1, 0.15) is 58.2 Å². The summed E-state index contributed by atoms with van der Waals surface area (Å²) in [5, 5.41) is 4.79. The maximum absolute atomic E-state index is 4.79. The fourth-order valence-corrected chi connectivity index (χ4v) is 3.83. The molecule has 1 aliphatic rings. The second-order valence-electron chi connectivity index (χ2n) is 6.01. The molecule has 1 aromatic rings. The van der Waals surface area contributed by atoms with E-state index in [2.05, 4.69) is 53.6 Å². The van der Waals surface area contributed by atoms with Crippen LogP contribution in [0.4, 0.5) is 0 Å². The molecule has 3 heteroatoms. The van der Waals surface area contributed by atoms with Gasteiger partial charge >= 0.3 is 0 Å². The van der Waals surface area contributed by atoms with E-state index in [1.807, 2.05) is 0 Å². The molecule has 1 fully saturated rings. The lowest BCUT2D eigenvalue weighted by Gasteiger charge is -2.22. The van der Waals surface area contributed by atoms with Gasteiger partial charge in [-0.2, -0.15) is 5.10 Å². The summed E-state index contributed by atoms with van der Waals surface area (Å²) in [7, 11) is 0. The average molecular weight is 313 g/mol. The molecule has 2 nitrogen and oxygen atoms in total. The minimum absolute atomic E-state index is 0.550. The normalized spacial score (nSPS) is 20.5. The molecule has 0 N–H and O–H groups in total. The number of alkyl halides is 1. The Labute approximate surface area is 119 Å². The van der Waals surface area contributed by atoms with Crippen molar-refractivity contribution in [2.24, 2.45) is 11.8 Å². The molecule has 1 saturated carbocycles. The summed E-state index contributed by atoms with van der Waals surface area (Å²) in [4.78, 5) is 0.550. The molecule has 0 aromatic carbocycles. The number of hydrogen-bond acceptors (Lipinski definition) is 1. The Balaban J connectivity index is 2.00. The summed E-state index contributed by atoms with van der Waals surface area (Å²) >= 11 is 3.74. The first kappa shape index (κ1) is 14.1. The molecule has 0 saturated heterocycles. The van der Waals surface area contributed by atoms with Gasteiger partial charge in [0, 0.05) is 11.0 Å². The highest BCUT2D eigenvalue weighted by Crippen LogP contribution is 2.30. The first-order valence-corrected chi connectivity index (χ1v) is 8.17. The van der Waals surface area contributed by atoms with Crippen LogP contribution in [0, 0.1) is 11.8 Å². The molecule has 2 rings (SSSR count). The third kappa shape index (κ3) is 3.37. The smallest absolute Gasteiger partial charge is 0.0628 e. The van der Waals surface area contributed by atoms with Crippen LogP contribution in [0.2, 0.25) is 0 Å². The third-order valence-electron chi connectivity index (χ3n) is 4.25. The fraction of sp³-hybridized carbons (Fsp3) is 0.800. The standard InChI is InChI=1S/C15H25BrN2/c1-11(2)15(12(3)16)10-13-8-9-18(17-13)14-6-4-5-7-14/h8-9,11-12,14-15H,4-7,10H2,1-3H3. The van der Waals surface area contributed by atoms with Gasteiger partial charge in [-0.1, -0.05) is 49.5 Å². The Hall–Kier alpha value is -0.310. The lowest BCUT2D eigenvalue weighted by molar-refractivity contribution is 0.376. The van der Waals surface area contributed by atoms with E-state index in [0.29, 0.717) is 22.7 Å². The first-order valence-electron chi connectivity index (χ1n) is 7.26. The summed E-state index contributed by atoms with van der Waals surface area (Å²) in [5.41, 5.74) is 1.26. The molecular weight excluding hydrogens is 288 g/mol. The summed E-state index contributed by atoms with van der Waals surface area (Å²) in [6, 6.07) is 2.88. The second-order valence-corrected chi connectivity index (χ2v) is 7.46. The number of halogens is 1. The van der Waals surface area contributed by atoms with Gasteiger partial charge < -0.3 is 0 Å². The molecular formula is C15H25BrN2. The predicted octanol–water partition coefficient (Wildman–Crippen LogP) is 4.60.